The topological polar surface area (TPSA) is 41.8 Å². The quantitative estimate of drug-likeness (QED) is 0.865. The van der Waals surface area contributed by atoms with Crippen LogP contribution in [0.25, 0.3) is 0 Å². The molecule has 90 valence electrons. The Labute approximate surface area is 109 Å². The molecule has 3 nitrogen and oxygen atoms in total. The summed E-state index contributed by atoms with van der Waals surface area (Å²) in [7, 11) is 0. The number of ether oxygens (including phenoxy) is 1. The van der Waals surface area contributed by atoms with E-state index in [2.05, 4.69) is 20.9 Å². The summed E-state index contributed by atoms with van der Waals surface area (Å²) < 4.78 is 6.86. The number of nitrogens with zero attached hydrogens (tertiary/aromatic N) is 1. The molecule has 0 spiro atoms. The van der Waals surface area contributed by atoms with E-state index in [0.29, 0.717) is 12.3 Å². The Morgan fingerprint density at radius 1 is 1.29 bits per heavy atom. The Morgan fingerprint density at radius 2 is 2.12 bits per heavy atom. The van der Waals surface area contributed by atoms with Crippen molar-refractivity contribution in [2.45, 2.75) is 37.5 Å². The van der Waals surface area contributed by atoms with E-state index in [0.717, 1.165) is 22.9 Å². The van der Waals surface area contributed by atoms with E-state index < -0.39 is 0 Å². The summed E-state index contributed by atoms with van der Waals surface area (Å²) in [5.74, 6) is 0.710. The van der Waals surface area contributed by atoms with Crippen molar-refractivity contribution >= 4 is 21.8 Å². The average molecular weight is 296 g/mol. The van der Waals surface area contributed by atoms with Crippen molar-refractivity contribution in [3.8, 4) is 0 Å². The van der Waals surface area contributed by atoms with Crippen LogP contribution in [0.15, 0.2) is 33.7 Å². The van der Waals surface area contributed by atoms with Gasteiger partial charge in [0.05, 0.1) is 17.7 Å². The van der Waals surface area contributed by atoms with E-state index >= 15 is 0 Å². The van der Waals surface area contributed by atoms with Crippen LogP contribution in [0.5, 0.6) is 0 Å². The van der Waals surface area contributed by atoms with Crippen LogP contribution < -0.4 is 0 Å². The first-order valence-corrected chi connectivity index (χ1v) is 6.71. The minimum Gasteiger partial charge on any atom is -0.472 e. The number of fused-ring (bicyclic) bond motifs is 1. The van der Waals surface area contributed by atoms with E-state index in [1.807, 2.05) is 24.3 Å². The summed E-state index contributed by atoms with van der Waals surface area (Å²) in [5, 5.41) is 9.63. The molecule has 0 radical (unpaired) electrons. The van der Waals surface area contributed by atoms with Gasteiger partial charge < -0.3 is 9.84 Å². The largest absolute Gasteiger partial charge is 0.472 e. The molecule has 1 N–H and O–H groups in total. The molecule has 0 amide bonds. The third-order valence-corrected chi connectivity index (χ3v) is 4.07. The van der Waals surface area contributed by atoms with Crippen molar-refractivity contribution < 1.29 is 9.84 Å². The maximum atomic E-state index is 9.63. The van der Waals surface area contributed by atoms with Crippen LogP contribution in [0.2, 0.25) is 0 Å². The van der Waals surface area contributed by atoms with Crippen molar-refractivity contribution in [1.29, 1.82) is 0 Å². The van der Waals surface area contributed by atoms with Gasteiger partial charge in [-0.25, -0.2) is 4.99 Å². The summed E-state index contributed by atoms with van der Waals surface area (Å²) in [6, 6.07) is 8.15. The number of hydrogen-bond acceptors (Lipinski definition) is 3. The lowest BCUT2D eigenvalue weighted by Crippen LogP contribution is -2.33. The first-order chi connectivity index (χ1) is 8.24. The number of rotatable bonds is 1. The molecule has 1 aliphatic carbocycles. The monoisotopic (exact) mass is 295 g/mol. The van der Waals surface area contributed by atoms with Crippen LogP contribution in [0.4, 0.5) is 0 Å². The number of hydrogen-bond donors (Lipinski definition) is 1. The van der Waals surface area contributed by atoms with Crippen molar-refractivity contribution in [2.24, 2.45) is 4.99 Å². The fourth-order valence-electron chi connectivity index (χ4n) is 2.46. The standard InChI is InChI=1S/C13H14BrNO2/c14-10-4-2-1-3-9(10)13-15-11-6-5-8(16)7-12(11)17-13/h1-4,8,11-12,16H,5-7H2. The molecule has 3 atom stereocenters. The molecular formula is C13H14BrNO2. The zero-order valence-electron chi connectivity index (χ0n) is 9.34. The lowest BCUT2D eigenvalue weighted by Gasteiger charge is -2.26. The molecule has 4 heteroatoms. The van der Waals surface area contributed by atoms with Crippen molar-refractivity contribution in [3.63, 3.8) is 0 Å². The Bertz CT molecular complexity index is 460. The van der Waals surface area contributed by atoms with Gasteiger partial charge in [0.25, 0.3) is 0 Å². The zero-order chi connectivity index (χ0) is 11.8. The number of halogens is 1. The second kappa shape index (κ2) is 4.42. The Balaban J connectivity index is 1.85. The van der Waals surface area contributed by atoms with Gasteiger partial charge in [-0.2, -0.15) is 0 Å². The van der Waals surface area contributed by atoms with Gasteiger partial charge in [-0.05, 0) is 40.9 Å². The van der Waals surface area contributed by atoms with E-state index in [9.17, 15) is 5.11 Å². The highest BCUT2D eigenvalue weighted by Crippen LogP contribution is 2.31. The minimum atomic E-state index is -0.231. The Hall–Kier alpha value is -0.870. The Kier molecular flexibility index (Phi) is 2.92. The molecule has 1 fully saturated rings. The SMILES string of the molecule is OC1CCC2N=C(c3ccccc3Br)OC2C1. The molecule has 2 aliphatic rings. The summed E-state index contributed by atoms with van der Waals surface area (Å²) in [6.07, 6.45) is 2.27. The number of aliphatic hydroxyl groups is 1. The molecule has 1 saturated carbocycles. The molecule has 0 bridgehead atoms. The molecule has 17 heavy (non-hydrogen) atoms. The lowest BCUT2D eigenvalue weighted by atomic mass is 9.91. The second-order valence-electron chi connectivity index (χ2n) is 4.60. The maximum absolute atomic E-state index is 9.63. The predicted molar refractivity (Wildman–Crippen MR) is 69.2 cm³/mol. The molecule has 1 heterocycles. The number of aliphatic hydroxyl groups excluding tert-OH is 1. The normalized spacial score (nSPS) is 31.6. The first kappa shape index (κ1) is 11.2. The van der Waals surface area contributed by atoms with E-state index in [1.165, 1.54) is 0 Å². The van der Waals surface area contributed by atoms with Crippen LogP contribution in [-0.4, -0.2) is 29.3 Å². The van der Waals surface area contributed by atoms with Crippen LogP contribution in [0.1, 0.15) is 24.8 Å². The van der Waals surface area contributed by atoms with Crippen molar-refractivity contribution in [3.05, 3.63) is 34.3 Å². The average Bonchev–Trinajstić information content (AvgIpc) is 2.72. The van der Waals surface area contributed by atoms with Crippen LogP contribution >= 0.6 is 15.9 Å². The number of aliphatic imine (C=N–C) groups is 1. The van der Waals surface area contributed by atoms with Crippen LogP contribution in [-0.2, 0) is 4.74 Å². The lowest BCUT2D eigenvalue weighted by molar-refractivity contribution is 0.0507. The predicted octanol–water partition coefficient (Wildman–Crippen LogP) is 2.51. The maximum Gasteiger partial charge on any atom is 0.217 e. The third kappa shape index (κ3) is 2.11. The van der Waals surface area contributed by atoms with Crippen LogP contribution in [0.3, 0.4) is 0 Å². The van der Waals surface area contributed by atoms with Gasteiger partial charge in [-0.1, -0.05) is 12.1 Å². The highest BCUT2D eigenvalue weighted by Gasteiger charge is 2.37. The molecular weight excluding hydrogens is 282 g/mol. The minimum absolute atomic E-state index is 0.0563. The van der Waals surface area contributed by atoms with Gasteiger partial charge in [0.2, 0.25) is 5.90 Å². The summed E-state index contributed by atoms with van der Waals surface area (Å²) in [4.78, 5) is 4.63. The smallest absolute Gasteiger partial charge is 0.217 e. The highest BCUT2D eigenvalue weighted by atomic mass is 79.9. The van der Waals surface area contributed by atoms with Gasteiger partial charge >= 0.3 is 0 Å². The summed E-state index contributed by atoms with van der Waals surface area (Å²) >= 11 is 3.51. The first-order valence-electron chi connectivity index (χ1n) is 5.91. The van der Waals surface area contributed by atoms with E-state index in [1.54, 1.807) is 0 Å². The fourth-order valence-corrected chi connectivity index (χ4v) is 2.91. The third-order valence-electron chi connectivity index (χ3n) is 3.38. The fraction of sp³-hybridized carbons (Fsp3) is 0.462. The van der Waals surface area contributed by atoms with Gasteiger partial charge in [-0.3, -0.25) is 0 Å². The molecule has 3 rings (SSSR count). The number of benzene rings is 1. The summed E-state index contributed by atoms with van der Waals surface area (Å²) in [5.41, 5.74) is 0.997. The molecule has 1 aromatic rings. The van der Waals surface area contributed by atoms with E-state index in [-0.39, 0.29) is 18.2 Å². The van der Waals surface area contributed by atoms with Crippen molar-refractivity contribution in [2.75, 3.05) is 0 Å². The summed E-state index contributed by atoms with van der Waals surface area (Å²) in [6.45, 7) is 0. The zero-order valence-corrected chi connectivity index (χ0v) is 10.9. The molecule has 0 aromatic heterocycles. The van der Waals surface area contributed by atoms with E-state index in [4.69, 9.17) is 4.74 Å². The molecule has 1 aromatic carbocycles. The molecule has 3 unspecified atom stereocenters. The van der Waals surface area contributed by atoms with Gasteiger partial charge in [0.1, 0.15) is 6.10 Å². The van der Waals surface area contributed by atoms with Gasteiger partial charge in [-0.15, -0.1) is 0 Å². The molecule has 0 saturated heterocycles. The van der Waals surface area contributed by atoms with Gasteiger partial charge in [0, 0.05) is 10.9 Å². The highest BCUT2D eigenvalue weighted by molar-refractivity contribution is 9.10. The second-order valence-corrected chi connectivity index (χ2v) is 5.46. The van der Waals surface area contributed by atoms with Gasteiger partial charge in [0.15, 0.2) is 0 Å². The molecule has 1 aliphatic heterocycles. The van der Waals surface area contributed by atoms with Crippen molar-refractivity contribution in [1.82, 2.24) is 0 Å². The Morgan fingerprint density at radius 3 is 2.94 bits per heavy atom. The van der Waals surface area contributed by atoms with Crippen LogP contribution in [0, 0.1) is 0 Å².